The van der Waals surface area contributed by atoms with Crippen LogP contribution in [0, 0.1) is 5.82 Å². The van der Waals surface area contributed by atoms with E-state index in [0.29, 0.717) is 0 Å². The first kappa shape index (κ1) is 9.12. The van der Waals surface area contributed by atoms with Crippen molar-refractivity contribution < 1.29 is 14.3 Å². The van der Waals surface area contributed by atoms with Crippen molar-refractivity contribution in [1.29, 1.82) is 0 Å². The Hall–Kier alpha value is -0.970. The molecule has 66 valence electrons. The van der Waals surface area contributed by atoms with Crippen molar-refractivity contribution in [1.82, 2.24) is 0 Å². The Morgan fingerprint density at radius 1 is 1.50 bits per heavy atom. The molecule has 0 saturated carbocycles. The summed E-state index contributed by atoms with van der Waals surface area (Å²) >= 11 is 0. The van der Waals surface area contributed by atoms with Gasteiger partial charge in [-0.25, -0.2) is 10.3 Å². The molecule has 12 heavy (non-hydrogen) atoms. The van der Waals surface area contributed by atoms with Crippen LogP contribution in [0.1, 0.15) is 11.7 Å². The third-order valence-corrected chi connectivity index (χ3v) is 1.58. The molecule has 3 nitrogen and oxygen atoms in total. The Balaban J connectivity index is 2.92. The van der Waals surface area contributed by atoms with Gasteiger partial charge in [-0.05, 0) is 6.07 Å². The summed E-state index contributed by atoms with van der Waals surface area (Å²) in [6, 6.07) is 6.02. The minimum atomic E-state index is -0.786. The monoisotopic (exact) mass is 171 g/mol. The molecule has 0 saturated heterocycles. The molecule has 0 heterocycles. The van der Waals surface area contributed by atoms with Gasteiger partial charge in [-0.3, -0.25) is 4.84 Å². The second kappa shape index (κ2) is 4.15. The van der Waals surface area contributed by atoms with Gasteiger partial charge in [0.25, 0.3) is 0 Å². The number of aliphatic hydroxyl groups excluding tert-OH is 1. The predicted molar refractivity (Wildman–Crippen MR) is 41.5 cm³/mol. The van der Waals surface area contributed by atoms with Crippen LogP contribution in [0.15, 0.2) is 24.3 Å². The van der Waals surface area contributed by atoms with E-state index in [0.717, 1.165) is 0 Å². The Kier molecular flexibility index (Phi) is 3.16. The molecule has 0 radical (unpaired) electrons. The Morgan fingerprint density at radius 2 is 2.17 bits per heavy atom. The SMILES string of the molecule is NOC(CO)c1ccccc1F. The highest BCUT2D eigenvalue weighted by Crippen LogP contribution is 2.17. The highest BCUT2D eigenvalue weighted by atomic mass is 19.1. The standard InChI is InChI=1S/C8H10FNO2/c9-7-4-2-1-3-6(7)8(5-11)12-10/h1-4,8,11H,5,10H2. The van der Waals surface area contributed by atoms with Crippen LogP contribution in [0.5, 0.6) is 0 Å². The molecule has 0 aliphatic heterocycles. The van der Waals surface area contributed by atoms with Gasteiger partial charge < -0.3 is 5.11 Å². The van der Waals surface area contributed by atoms with E-state index in [4.69, 9.17) is 11.0 Å². The number of halogens is 1. The fourth-order valence-electron chi connectivity index (χ4n) is 0.951. The van der Waals surface area contributed by atoms with Crippen LogP contribution in [0.3, 0.4) is 0 Å². The maximum Gasteiger partial charge on any atom is 0.129 e. The lowest BCUT2D eigenvalue weighted by Gasteiger charge is -2.11. The maximum absolute atomic E-state index is 13.0. The van der Waals surface area contributed by atoms with Crippen LogP contribution < -0.4 is 5.90 Å². The van der Waals surface area contributed by atoms with Crippen molar-refractivity contribution in [2.45, 2.75) is 6.10 Å². The molecule has 0 spiro atoms. The minimum absolute atomic E-state index is 0.266. The van der Waals surface area contributed by atoms with Crippen molar-refractivity contribution in [3.63, 3.8) is 0 Å². The average molecular weight is 171 g/mol. The summed E-state index contributed by atoms with van der Waals surface area (Å²) in [5, 5.41) is 8.73. The van der Waals surface area contributed by atoms with Gasteiger partial charge in [-0.1, -0.05) is 18.2 Å². The summed E-state index contributed by atoms with van der Waals surface area (Å²) in [5.41, 5.74) is 0.266. The Labute approximate surface area is 69.5 Å². The summed E-state index contributed by atoms with van der Waals surface area (Å²) in [4.78, 5) is 4.38. The van der Waals surface area contributed by atoms with Gasteiger partial charge in [-0.2, -0.15) is 0 Å². The number of aliphatic hydroxyl groups is 1. The average Bonchev–Trinajstić information content (AvgIpc) is 2.10. The molecule has 0 aliphatic carbocycles. The van der Waals surface area contributed by atoms with Gasteiger partial charge in [0.05, 0.1) is 6.61 Å². The van der Waals surface area contributed by atoms with Crippen molar-refractivity contribution >= 4 is 0 Å². The van der Waals surface area contributed by atoms with Gasteiger partial charge in [0.2, 0.25) is 0 Å². The largest absolute Gasteiger partial charge is 0.393 e. The smallest absolute Gasteiger partial charge is 0.129 e. The normalized spacial score (nSPS) is 12.9. The van der Waals surface area contributed by atoms with Crippen molar-refractivity contribution in [3.05, 3.63) is 35.6 Å². The topological polar surface area (TPSA) is 55.5 Å². The second-order valence-electron chi connectivity index (χ2n) is 2.33. The molecule has 1 unspecified atom stereocenters. The fraction of sp³-hybridized carbons (Fsp3) is 0.250. The van der Waals surface area contributed by atoms with Gasteiger partial charge >= 0.3 is 0 Å². The first-order chi connectivity index (χ1) is 5.79. The molecule has 0 amide bonds. The molecule has 1 aromatic rings. The third-order valence-electron chi connectivity index (χ3n) is 1.58. The van der Waals surface area contributed by atoms with Gasteiger partial charge in [0, 0.05) is 5.56 Å². The van der Waals surface area contributed by atoms with E-state index in [9.17, 15) is 4.39 Å². The lowest BCUT2D eigenvalue weighted by Crippen LogP contribution is -2.14. The van der Waals surface area contributed by atoms with Crippen LogP contribution in [0.25, 0.3) is 0 Å². The van der Waals surface area contributed by atoms with E-state index >= 15 is 0 Å². The molecule has 1 aromatic carbocycles. The molecular formula is C8H10FNO2. The number of hydrogen-bond donors (Lipinski definition) is 2. The molecule has 3 N–H and O–H groups in total. The Morgan fingerprint density at radius 3 is 2.67 bits per heavy atom. The molecule has 4 heteroatoms. The fourth-order valence-corrected chi connectivity index (χ4v) is 0.951. The highest BCUT2D eigenvalue weighted by molar-refractivity contribution is 5.19. The van der Waals surface area contributed by atoms with E-state index < -0.39 is 11.9 Å². The second-order valence-corrected chi connectivity index (χ2v) is 2.33. The molecule has 1 rings (SSSR count). The first-order valence-electron chi connectivity index (χ1n) is 3.50. The van der Waals surface area contributed by atoms with E-state index in [1.807, 2.05) is 0 Å². The lowest BCUT2D eigenvalue weighted by atomic mass is 10.1. The molecule has 0 bridgehead atoms. The predicted octanol–water partition coefficient (Wildman–Crippen LogP) is 0.749. The van der Waals surface area contributed by atoms with E-state index in [-0.39, 0.29) is 12.2 Å². The van der Waals surface area contributed by atoms with Gasteiger partial charge in [0.1, 0.15) is 11.9 Å². The number of nitrogens with two attached hydrogens (primary N) is 1. The van der Waals surface area contributed by atoms with Crippen LogP contribution in [-0.4, -0.2) is 11.7 Å². The highest BCUT2D eigenvalue weighted by Gasteiger charge is 2.13. The van der Waals surface area contributed by atoms with Crippen LogP contribution >= 0.6 is 0 Å². The van der Waals surface area contributed by atoms with Crippen molar-refractivity contribution in [2.24, 2.45) is 5.90 Å². The van der Waals surface area contributed by atoms with E-state index in [1.54, 1.807) is 12.1 Å². The quantitative estimate of drug-likeness (QED) is 0.660. The molecule has 0 fully saturated rings. The Bertz CT molecular complexity index is 251. The van der Waals surface area contributed by atoms with Crippen molar-refractivity contribution in [3.8, 4) is 0 Å². The maximum atomic E-state index is 13.0. The summed E-state index contributed by atoms with van der Waals surface area (Å²) < 4.78 is 13.0. The number of benzene rings is 1. The lowest BCUT2D eigenvalue weighted by molar-refractivity contribution is 0.00872. The summed E-state index contributed by atoms with van der Waals surface area (Å²) in [7, 11) is 0. The van der Waals surface area contributed by atoms with Crippen LogP contribution in [0.2, 0.25) is 0 Å². The first-order valence-corrected chi connectivity index (χ1v) is 3.50. The van der Waals surface area contributed by atoms with Crippen molar-refractivity contribution in [2.75, 3.05) is 6.61 Å². The van der Waals surface area contributed by atoms with E-state index in [2.05, 4.69) is 4.84 Å². The summed E-state index contributed by atoms with van der Waals surface area (Å²) in [6.45, 7) is -0.336. The molecular weight excluding hydrogens is 161 g/mol. The van der Waals surface area contributed by atoms with Crippen LogP contribution in [0.4, 0.5) is 4.39 Å². The molecule has 1 atom stereocenters. The molecule has 0 aromatic heterocycles. The summed E-state index contributed by atoms with van der Waals surface area (Å²) in [5.74, 6) is 4.43. The van der Waals surface area contributed by atoms with Gasteiger partial charge in [-0.15, -0.1) is 0 Å². The number of rotatable bonds is 3. The van der Waals surface area contributed by atoms with Crippen LogP contribution in [-0.2, 0) is 4.84 Å². The zero-order chi connectivity index (χ0) is 8.97. The van der Waals surface area contributed by atoms with E-state index in [1.165, 1.54) is 12.1 Å². The minimum Gasteiger partial charge on any atom is -0.393 e. The third kappa shape index (κ3) is 1.79. The molecule has 0 aliphatic rings. The van der Waals surface area contributed by atoms with Gasteiger partial charge in [0.15, 0.2) is 0 Å². The summed E-state index contributed by atoms with van der Waals surface area (Å²) in [6.07, 6.45) is -0.786. The zero-order valence-electron chi connectivity index (χ0n) is 6.40. The number of hydrogen-bond acceptors (Lipinski definition) is 3. The zero-order valence-corrected chi connectivity index (χ0v) is 6.40.